The number of rotatable bonds is 9. The van der Waals surface area contributed by atoms with E-state index < -0.39 is 0 Å². The maximum absolute atomic E-state index is 12.3. The van der Waals surface area contributed by atoms with E-state index in [-0.39, 0.29) is 24.3 Å². The van der Waals surface area contributed by atoms with Gasteiger partial charge in [0.2, 0.25) is 5.91 Å². The average molecular weight is 310 g/mol. The Morgan fingerprint density at radius 1 is 1.32 bits per heavy atom. The van der Waals surface area contributed by atoms with Crippen LogP contribution in [0.5, 0.6) is 0 Å². The van der Waals surface area contributed by atoms with Gasteiger partial charge in [-0.2, -0.15) is 0 Å². The van der Waals surface area contributed by atoms with E-state index in [0.717, 1.165) is 0 Å². The van der Waals surface area contributed by atoms with Gasteiger partial charge in [-0.15, -0.1) is 0 Å². The molecule has 1 atom stereocenters. The summed E-state index contributed by atoms with van der Waals surface area (Å²) >= 11 is 0. The summed E-state index contributed by atoms with van der Waals surface area (Å²) < 4.78 is 9.96. The summed E-state index contributed by atoms with van der Waals surface area (Å²) in [6.45, 7) is 7.30. The van der Waals surface area contributed by atoms with E-state index in [1.807, 2.05) is 6.92 Å². The van der Waals surface area contributed by atoms with Crippen LogP contribution in [-0.2, 0) is 9.53 Å². The van der Waals surface area contributed by atoms with Gasteiger partial charge in [-0.3, -0.25) is 9.59 Å². The van der Waals surface area contributed by atoms with Crippen LogP contribution in [-0.4, -0.2) is 49.6 Å². The minimum Gasteiger partial charge on any atom is -0.472 e. The lowest BCUT2D eigenvalue weighted by Gasteiger charge is -2.23. The minimum atomic E-state index is -0.157. The Bertz CT molecular complexity index is 457. The molecule has 1 N–H and O–H groups in total. The second-order valence-electron chi connectivity index (χ2n) is 5.65. The number of nitrogens with one attached hydrogen (secondary N) is 1. The lowest BCUT2D eigenvalue weighted by Crippen LogP contribution is -2.40. The van der Waals surface area contributed by atoms with E-state index in [4.69, 9.17) is 9.15 Å². The van der Waals surface area contributed by atoms with E-state index in [1.165, 1.54) is 12.5 Å². The fourth-order valence-corrected chi connectivity index (χ4v) is 1.81. The number of hydrogen-bond donors (Lipinski definition) is 1. The number of methoxy groups -OCH3 is 1. The van der Waals surface area contributed by atoms with E-state index >= 15 is 0 Å². The van der Waals surface area contributed by atoms with E-state index in [9.17, 15) is 9.59 Å². The molecule has 0 saturated carbocycles. The van der Waals surface area contributed by atoms with Crippen molar-refractivity contribution in [2.24, 2.45) is 5.92 Å². The highest BCUT2D eigenvalue weighted by Crippen LogP contribution is 2.07. The quantitative estimate of drug-likeness (QED) is 0.756. The number of hydrogen-bond acceptors (Lipinski definition) is 4. The second-order valence-corrected chi connectivity index (χ2v) is 5.65. The summed E-state index contributed by atoms with van der Waals surface area (Å²) in [5, 5.41) is 2.94. The molecule has 124 valence electrons. The number of amides is 2. The van der Waals surface area contributed by atoms with Gasteiger partial charge in [0.05, 0.1) is 18.4 Å². The summed E-state index contributed by atoms with van der Waals surface area (Å²) in [7, 11) is 1.58. The molecule has 1 aromatic heterocycles. The Hall–Kier alpha value is -1.82. The Morgan fingerprint density at radius 3 is 2.59 bits per heavy atom. The molecule has 1 rings (SSSR count). The topological polar surface area (TPSA) is 71.8 Å². The predicted molar refractivity (Wildman–Crippen MR) is 83.5 cm³/mol. The maximum atomic E-state index is 12.3. The van der Waals surface area contributed by atoms with Crippen molar-refractivity contribution in [2.45, 2.75) is 33.2 Å². The maximum Gasteiger partial charge on any atom is 0.257 e. The van der Waals surface area contributed by atoms with Crippen molar-refractivity contribution in [1.82, 2.24) is 10.2 Å². The minimum absolute atomic E-state index is 0.0522. The standard InChI is InChI=1S/C16H26N2O4/c1-12(2)13(3)17-15(19)5-7-18(8-10-21-4)16(20)14-6-9-22-11-14/h6,9,11-13H,5,7-8,10H2,1-4H3,(H,17,19). The predicted octanol–water partition coefficient (Wildman–Crippen LogP) is 1.92. The highest BCUT2D eigenvalue weighted by Gasteiger charge is 2.18. The van der Waals surface area contributed by atoms with Crippen LogP contribution < -0.4 is 5.32 Å². The van der Waals surface area contributed by atoms with Crippen molar-refractivity contribution < 1.29 is 18.7 Å². The highest BCUT2D eigenvalue weighted by molar-refractivity contribution is 5.94. The molecule has 6 heteroatoms. The van der Waals surface area contributed by atoms with Crippen molar-refractivity contribution in [3.63, 3.8) is 0 Å². The third-order valence-electron chi connectivity index (χ3n) is 3.62. The van der Waals surface area contributed by atoms with Crippen LogP contribution in [0, 0.1) is 5.92 Å². The zero-order valence-corrected chi connectivity index (χ0v) is 13.8. The number of carbonyl (C=O) groups is 2. The first-order chi connectivity index (χ1) is 10.5. The Labute approximate surface area is 131 Å². The Morgan fingerprint density at radius 2 is 2.05 bits per heavy atom. The van der Waals surface area contributed by atoms with Crippen molar-refractivity contribution in [3.05, 3.63) is 24.2 Å². The highest BCUT2D eigenvalue weighted by atomic mass is 16.5. The van der Waals surface area contributed by atoms with Crippen LogP contribution in [0.1, 0.15) is 37.6 Å². The molecule has 0 saturated heterocycles. The molecule has 0 bridgehead atoms. The third kappa shape index (κ3) is 5.89. The zero-order valence-electron chi connectivity index (χ0n) is 13.8. The van der Waals surface area contributed by atoms with Gasteiger partial charge in [0, 0.05) is 32.7 Å². The summed E-state index contributed by atoms with van der Waals surface area (Å²) in [4.78, 5) is 25.9. The molecular formula is C16H26N2O4. The fraction of sp³-hybridized carbons (Fsp3) is 0.625. The zero-order chi connectivity index (χ0) is 16.5. The third-order valence-corrected chi connectivity index (χ3v) is 3.62. The van der Waals surface area contributed by atoms with Crippen LogP contribution in [0.4, 0.5) is 0 Å². The first kappa shape index (κ1) is 18.2. The fourth-order valence-electron chi connectivity index (χ4n) is 1.81. The van der Waals surface area contributed by atoms with E-state index in [1.54, 1.807) is 18.1 Å². The van der Waals surface area contributed by atoms with E-state index in [2.05, 4.69) is 19.2 Å². The summed E-state index contributed by atoms with van der Waals surface area (Å²) in [6.07, 6.45) is 3.13. The second kappa shape index (κ2) is 9.25. The molecular weight excluding hydrogens is 284 g/mol. The smallest absolute Gasteiger partial charge is 0.257 e. The van der Waals surface area contributed by atoms with Gasteiger partial charge >= 0.3 is 0 Å². The van der Waals surface area contributed by atoms with Crippen molar-refractivity contribution in [3.8, 4) is 0 Å². The molecule has 0 aliphatic heterocycles. The van der Waals surface area contributed by atoms with Crippen molar-refractivity contribution in [2.75, 3.05) is 26.8 Å². The Balaban J connectivity index is 2.54. The van der Waals surface area contributed by atoms with Gasteiger partial charge in [0.1, 0.15) is 6.26 Å². The lowest BCUT2D eigenvalue weighted by atomic mass is 10.1. The van der Waals surface area contributed by atoms with Gasteiger partial charge in [-0.1, -0.05) is 13.8 Å². The van der Waals surface area contributed by atoms with Gasteiger partial charge in [-0.25, -0.2) is 0 Å². The van der Waals surface area contributed by atoms with Gasteiger partial charge < -0.3 is 19.4 Å². The molecule has 0 aromatic carbocycles. The number of furan rings is 1. The van der Waals surface area contributed by atoms with Crippen LogP contribution in [0.3, 0.4) is 0 Å². The van der Waals surface area contributed by atoms with Gasteiger partial charge in [0.25, 0.3) is 5.91 Å². The molecule has 0 aliphatic rings. The van der Waals surface area contributed by atoms with Gasteiger partial charge in [-0.05, 0) is 18.9 Å². The number of ether oxygens (including phenoxy) is 1. The number of nitrogens with zero attached hydrogens (tertiary/aromatic N) is 1. The summed E-state index contributed by atoms with van der Waals surface area (Å²) in [6, 6.07) is 1.73. The van der Waals surface area contributed by atoms with E-state index in [0.29, 0.717) is 31.2 Å². The van der Waals surface area contributed by atoms with Crippen molar-refractivity contribution >= 4 is 11.8 Å². The number of carbonyl (C=O) groups excluding carboxylic acids is 2. The molecule has 2 amide bonds. The SMILES string of the molecule is COCCN(CCC(=O)NC(C)C(C)C)C(=O)c1ccoc1. The molecule has 6 nitrogen and oxygen atoms in total. The summed E-state index contributed by atoms with van der Waals surface area (Å²) in [5.74, 6) is 0.167. The van der Waals surface area contributed by atoms with Crippen LogP contribution >= 0.6 is 0 Å². The molecule has 22 heavy (non-hydrogen) atoms. The first-order valence-corrected chi connectivity index (χ1v) is 7.55. The molecule has 0 fully saturated rings. The normalized spacial score (nSPS) is 12.2. The summed E-state index contributed by atoms with van der Waals surface area (Å²) in [5.41, 5.74) is 0.479. The first-order valence-electron chi connectivity index (χ1n) is 7.55. The molecule has 0 radical (unpaired) electrons. The van der Waals surface area contributed by atoms with Crippen LogP contribution in [0.25, 0.3) is 0 Å². The molecule has 0 spiro atoms. The average Bonchev–Trinajstić information content (AvgIpc) is 3.00. The van der Waals surface area contributed by atoms with Crippen LogP contribution in [0.15, 0.2) is 23.0 Å². The molecule has 0 aliphatic carbocycles. The van der Waals surface area contributed by atoms with Crippen molar-refractivity contribution in [1.29, 1.82) is 0 Å². The Kier molecular flexibility index (Phi) is 7.66. The lowest BCUT2D eigenvalue weighted by molar-refractivity contribution is -0.122. The largest absolute Gasteiger partial charge is 0.472 e. The van der Waals surface area contributed by atoms with Crippen LogP contribution in [0.2, 0.25) is 0 Å². The van der Waals surface area contributed by atoms with Gasteiger partial charge in [0.15, 0.2) is 0 Å². The molecule has 1 aromatic rings. The monoisotopic (exact) mass is 310 g/mol. The molecule has 1 unspecified atom stereocenters. The molecule has 1 heterocycles.